The molecular weight excluding hydrogens is 170 g/mol. The van der Waals surface area contributed by atoms with Gasteiger partial charge in [0.05, 0.1) is 6.61 Å². The lowest BCUT2D eigenvalue weighted by atomic mass is 10.3. The lowest BCUT2D eigenvalue weighted by Crippen LogP contribution is -2.16. The van der Waals surface area contributed by atoms with E-state index in [9.17, 15) is 4.79 Å². The first-order chi connectivity index (χ1) is 6.22. The Labute approximate surface area is 76.3 Å². The standard InChI is InChI=1S/C9H11NO3/c1-2-12-7-3-5-8(6-4-7)13-9(10)11/h3-6H,2H2,1H3,(H2,10,11). The van der Waals surface area contributed by atoms with Crippen LogP contribution in [0.4, 0.5) is 4.79 Å². The molecule has 1 aromatic carbocycles. The number of benzene rings is 1. The van der Waals surface area contributed by atoms with Gasteiger partial charge in [-0.05, 0) is 31.2 Å². The third-order valence-electron chi connectivity index (χ3n) is 1.35. The van der Waals surface area contributed by atoms with Crippen LogP contribution in [0.5, 0.6) is 11.5 Å². The van der Waals surface area contributed by atoms with Crippen molar-refractivity contribution in [1.29, 1.82) is 0 Å². The fourth-order valence-corrected chi connectivity index (χ4v) is 0.887. The fourth-order valence-electron chi connectivity index (χ4n) is 0.887. The highest BCUT2D eigenvalue weighted by Crippen LogP contribution is 2.17. The topological polar surface area (TPSA) is 61.6 Å². The van der Waals surface area contributed by atoms with Crippen molar-refractivity contribution in [2.75, 3.05) is 6.61 Å². The lowest BCUT2D eigenvalue weighted by molar-refractivity contribution is 0.211. The number of ether oxygens (including phenoxy) is 2. The molecule has 0 aliphatic rings. The summed E-state index contributed by atoms with van der Waals surface area (Å²) in [6.07, 6.45) is -0.816. The lowest BCUT2D eigenvalue weighted by Gasteiger charge is -2.03. The first-order valence-corrected chi connectivity index (χ1v) is 3.92. The molecule has 1 rings (SSSR count). The Morgan fingerprint density at radius 3 is 2.31 bits per heavy atom. The van der Waals surface area contributed by atoms with Crippen LogP contribution < -0.4 is 15.2 Å². The van der Waals surface area contributed by atoms with Crippen molar-refractivity contribution in [3.8, 4) is 11.5 Å². The predicted molar refractivity (Wildman–Crippen MR) is 47.8 cm³/mol. The van der Waals surface area contributed by atoms with E-state index in [1.807, 2.05) is 6.92 Å². The Kier molecular flexibility index (Phi) is 3.14. The molecule has 0 heterocycles. The summed E-state index contributed by atoms with van der Waals surface area (Å²) in [4.78, 5) is 10.3. The molecule has 0 spiro atoms. The highest BCUT2D eigenvalue weighted by atomic mass is 16.5. The number of amides is 1. The van der Waals surface area contributed by atoms with Crippen molar-refractivity contribution in [2.45, 2.75) is 6.92 Å². The van der Waals surface area contributed by atoms with Gasteiger partial charge in [-0.15, -0.1) is 0 Å². The first-order valence-electron chi connectivity index (χ1n) is 3.92. The molecule has 0 unspecified atom stereocenters. The Balaban J connectivity index is 2.64. The molecule has 0 bridgehead atoms. The van der Waals surface area contributed by atoms with Crippen LogP contribution in [-0.2, 0) is 0 Å². The Hall–Kier alpha value is -1.71. The van der Waals surface area contributed by atoms with Gasteiger partial charge in [0.25, 0.3) is 0 Å². The summed E-state index contributed by atoms with van der Waals surface area (Å²) in [5.74, 6) is 1.15. The molecule has 2 N–H and O–H groups in total. The smallest absolute Gasteiger partial charge is 0.409 e. The second-order valence-electron chi connectivity index (χ2n) is 2.33. The molecule has 0 aliphatic heterocycles. The second kappa shape index (κ2) is 4.35. The normalized spacial score (nSPS) is 9.31. The first kappa shape index (κ1) is 9.38. The van der Waals surface area contributed by atoms with Gasteiger partial charge in [0, 0.05) is 0 Å². The summed E-state index contributed by atoms with van der Waals surface area (Å²) in [5.41, 5.74) is 4.83. The van der Waals surface area contributed by atoms with Gasteiger partial charge in [-0.3, -0.25) is 0 Å². The van der Waals surface area contributed by atoms with Crippen molar-refractivity contribution in [3.63, 3.8) is 0 Å². The van der Waals surface area contributed by atoms with Gasteiger partial charge in [-0.1, -0.05) is 0 Å². The third-order valence-corrected chi connectivity index (χ3v) is 1.35. The molecule has 4 heteroatoms. The highest BCUT2D eigenvalue weighted by Gasteiger charge is 1.98. The molecule has 0 aliphatic carbocycles. The van der Waals surface area contributed by atoms with Crippen molar-refractivity contribution >= 4 is 6.09 Å². The minimum Gasteiger partial charge on any atom is -0.494 e. The molecule has 1 amide bonds. The molecule has 13 heavy (non-hydrogen) atoms. The van der Waals surface area contributed by atoms with Gasteiger partial charge in [-0.2, -0.15) is 0 Å². The summed E-state index contributed by atoms with van der Waals surface area (Å²) in [6, 6.07) is 6.66. The fraction of sp³-hybridized carbons (Fsp3) is 0.222. The van der Waals surface area contributed by atoms with E-state index >= 15 is 0 Å². The Morgan fingerprint density at radius 1 is 1.31 bits per heavy atom. The molecule has 0 radical (unpaired) electrons. The van der Waals surface area contributed by atoms with Crippen LogP contribution in [-0.4, -0.2) is 12.7 Å². The van der Waals surface area contributed by atoms with Crippen LogP contribution in [0.3, 0.4) is 0 Å². The Bertz CT molecular complexity index is 281. The maximum Gasteiger partial charge on any atom is 0.409 e. The van der Waals surface area contributed by atoms with Gasteiger partial charge < -0.3 is 15.2 Å². The van der Waals surface area contributed by atoms with Crippen molar-refractivity contribution in [3.05, 3.63) is 24.3 Å². The van der Waals surface area contributed by atoms with Crippen LogP contribution in [0, 0.1) is 0 Å². The molecular formula is C9H11NO3. The number of hydrogen-bond acceptors (Lipinski definition) is 3. The van der Waals surface area contributed by atoms with Crippen LogP contribution in [0.15, 0.2) is 24.3 Å². The zero-order valence-corrected chi connectivity index (χ0v) is 7.32. The average Bonchev–Trinajstić information content (AvgIpc) is 2.08. The molecule has 0 atom stereocenters. The summed E-state index contributed by atoms with van der Waals surface area (Å²) in [6.45, 7) is 2.50. The van der Waals surface area contributed by atoms with E-state index < -0.39 is 6.09 Å². The number of carbonyl (C=O) groups is 1. The summed E-state index contributed by atoms with van der Waals surface area (Å²) >= 11 is 0. The molecule has 0 aromatic heterocycles. The van der Waals surface area contributed by atoms with Gasteiger partial charge in [0.15, 0.2) is 0 Å². The van der Waals surface area contributed by atoms with Crippen molar-refractivity contribution < 1.29 is 14.3 Å². The molecule has 4 nitrogen and oxygen atoms in total. The van der Waals surface area contributed by atoms with E-state index in [1.54, 1.807) is 24.3 Å². The van der Waals surface area contributed by atoms with Crippen LogP contribution >= 0.6 is 0 Å². The zero-order valence-electron chi connectivity index (χ0n) is 7.32. The zero-order chi connectivity index (χ0) is 9.68. The highest BCUT2D eigenvalue weighted by molar-refractivity contribution is 5.68. The molecule has 0 fully saturated rings. The van der Waals surface area contributed by atoms with E-state index in [0.29, 0.717) is 12.4 Å². The molecule has 0 saturated heterocycles. The minimum absolute atomic E-state index is 0.413. The predicted octanol–water partition coefficient (Wildman–Crippen LogP) is 1.54. The van der Waals surface area contributed by atoms with E-state index in [4.69, 9.17) is 10.5 Å². The van der Waals surface area contributed by atoms with E-state index in [0.717, 1.165) is 5.75 Å². The van der Waals surface area contributed by atoms with E-state index in [2.05, 4.69) is 4.74 Å². The van der Waals surface area contributed by atoms with Crippen LogP contribution in [0.2, 0.25) is 0 Å². The summed E-state index contributed by atoms with van der Waals surface area (Å²) in [5, 5.41) is 0. The quantitative estimate of drug-likeness (QED) is 0.769. The van der Waals surface area contributed by atoms with Gasteiger partial charge >= 0.3 is 6.09 Å². The molecule has 70 valence electrons. The van der Waals surface area contributed by atoms with Gasteiger partial charge in [-0.25, -0.2) is 4.79 Å². The molecule has 1 aromatic rings. The van der Waals surface area contributed by atoms with Crippen molar-refractivity contribution in [1.82, 2.24) is 0 Å². The van der Waals surface area contributed by atoms with Crippen LogP contribution in [0.1, 0.15) is 6.92 Å². The average molecular weight is 181 g/mol. The molecule has 0 saturated carbocycles. The van der Waals surface area contributed by atoms with Crippen LogP contribution in [0.25, 0.3) is 0 Å². The van der Waals surface area contributed by atoms with Gasteiger partial charge in [0.2, 0.25) is 0 Å². The van der Waals surface area contributed by atoms with E-state index in [1.165, 1.54) is 0 Å². The monoisotopic (exact) mass is 181 g/mol. The number of nitrogens with two attached hydrogens (primary N) is 1. The van der Waals surface area contributed by atoms with E-state index in [-0.39, 0.29) is 0 Å². The maximum atomic E-state index is 10.3. The van der Waals surface area contributed by atoms with Gasteiger partial charge in [0.1, 0.15) is 11.5 Å². The van der Waals surface area contributed by atoms with Crippen molar-refractivity contribution in [2.24, 2.45) is 5.73 Å². The summed E-state index contributed by atoms with van der Waals surface area (Å²) < 4.78 is 9.82. The SMILES string of the molecule is CCOc1ccc(OC(N)=O)cc1. The maximum absolute atomic E-state index is 10.3. The second-order valence-corrected chi connectivity index (χ2v) is 2.33. The third kappa shape index (κ3) is 3.02. The number of rotatable bonds is 3. The largest absolute Gasteiger partial charge is 0.494 e. The minimum atomic E-state index is -0.816. The summed E-state index contributed by atoms with van der Waals surface area (Å²) in [7, 11) is 0. The Morgan fingerprint density at radius 2 is 1.85 bits per heavy atom. The number of carbonyl (C=O) groups excluding carboxylic acids is 1. The number of hydrogen-bond donors (Lipinski definition) is 1. The number of primary amides is 1.